The molecule has 2 rings (SSSR count). The first kappa shape index (κ1) is 13.3. The quantitative estimate of drug-likeness (QED) is 0.487. The largest absolute Gasteiger partial charge is 0.430 e. The van der Waals surface area contributed by atoms with Crippen LogP contribution in [0.5, 0.6) is 11.6 Å². The highest BCUT2D eigenvalue weighted by atomic mass is 79.9. The Balaban J connectivity index is 2.45. The summed E-state index contributed by atoms with van der Waals surface area (Å²) in [5.74, 6) is -3.29. The Kier molecular flexibility index (Phi) is 3.70. The van der Waals surface area contributed by atoms with Crippen LogP contribution in [0.2, 0.25) is 0 Å². The summed E-state index contributed by atoms with van der Waals surface area (Å²) in [7, 11) is 0. The van der Waals surface area contributed by atoms with E-state index >= 15 is 0 Å². The van der Waals surface area contributed by atoms with Gasteiger partial charge in [-0.25, -0.2) is 9.37 Å². The van der Waals surface area contributed by atoms with Gasteiger partial charge in [-0.05, 0) is 18.2 Å². The van der Waals surface area contributed by atoms with Gasteiger partial charge in [-0.1, -0.05) is 15.9 Å². The molecule has 0 spiro atoms. The van der Waals surface area contributed by atoms with Crippen molar-refractivity contribution < 1.29 is 18.4 Å². The van der Waals surface area contributed by atoms with E-state index in [4.69, 9.17) is 4.74 Å². The van der Waals surface area contributed by atoms with E-state index in [2.05, 4.69) is 20.9 Å². The van der Waals surface area contributed by atoms with Gasteiger partial charge in [-0.2, -0.15) is 4.39 Å². The maximum absolute atomic E-state index is 13.5. The lowest BCUT2D eigenvalue weighted by atomic mass is 10.3. The van der Waals surface area contributed by atoms with Gasteiger partial charge in [-0.3, -0.25) is 10.1 Å². The normalized spacial score (nSPS) is 10.3. The third-order valence-corrected chi connectivity index (χ3v) is 2.57. The number of benzene rings is 1. The first-order chi connectivity index (χ1) is 8.99. The van der Waals surface area contributed by atoms with E-state index in [0.29, 0.717) is 0 Å². The van der Waals surface area contributed by atoms with E-state index in [1.54, 1.807) is 0 Å². The maximum atomic E-state index is 13.5. The smallest absolute Gasteiger partial charge is 0.331 e. The van der Waals surface area contributed by atoms with Crippen molar-refractivity contribution >= 4 is 21.6 Å². The molecule has 1 aromatic heterocycles. The van der Waals surface area contributed by atoms with Crippen LogP contribution in [-0.4, -0.2) is 9.91 Å². The van der Waals surface area contributed by atoms with Crippen LogP contribution in [0.1, 0.15) is 0 Å². The molecule has 19 heavy (non-hydrogen) atoms. The molecule has 0 saturated heterocycles. The second kappa shape index (κ2) is 5.27. The summed E-state index contributed by atoms with van der Waals surface area (Å²) in [6.07, 6.45) is 1.24. The summed E-state index contributed by atoms with van der Waals surface area (Å²) >= 11 is 2.97. The Labute approximate surface area is 114 Å². The molecule has 0 amide bonds. The molecular formula is C11H5BrF2N2O3. The van der Waals surface area contributed by atoms with Crippen LogP contribution >= 0.6 is 15.9 Å². The lowest BCUT2D eigenvalue weighted by molar-refractivity contribution is -0.386. The number of nitrogens with zero attached hydrogens (tertiary/aromatic N) is 2. The highest BCUT2D eigenvalue weighted by Gasteiger charge is 2.19. The van der Waals surface area contributed by atoms with Crippen LogP contribution in [0.3, 0.4) is 0 Å². The number of ether oxygens (including phenoxy) is 1. The fourth-order valence-electron chi connectivity index (χ4n) is 1.31. The third kappa shape index (κ3) is 2.84. The van der Waals surface area contributed by atoms with Crippen LogP contribution in [0.25, 0.3) is 0 Å². The van der Waals surface area contributed by atoms with Crippen LogP contribution in [0, 0.1) is 21.7 Å². The van der Waals surface area contributed by atoms with Crippen LogP contribution in [0.4, 0.5) is 14.5 Å². The van der Waals surface area contributed by atoms with Gasteiger partial charge in [0.25, 0.3) is 5.88 Å². The highest BCUT2D eigenvalue weighted by molar-refractivity contribution is 9.10. The van der Waals surface area contributed by atoms with Crippen molar-refractivity contribution in [2.45, 2.75) is 0 Å². The van der Waals surface area contributed by atoms with E-state index in [0.717, 1.165) is 18.2 Å². The molecule has 2 aromatic rings. The summed E-state index contributed by atoms with van der Waals surface area (Å²) in [6.45, 7) is 0. The number of nitro groups is 1. The minimum absolute atomic E-state index is 0.236. The van der Waals surface area contributed by atoms with Crippen molar-refractivity contribution in [3.05, 3.63) is 56.7 Å². The van der Waals surface area contributed by atoms with Crippen molar-refractivity contribution in [2.24, 2.45) is 0 Å². The van der Waals surface area contributed by atoms with Crippen molar-refractivity contribution in [3.63, 3.8) is 0 Å². The van der Waals surface area contributed by atoms with Crippen molar-refractivity contribution in [2.75, 3.05) is 0 Å². The summed E-state index contributed by atoms with van der Waals surface area (Å²) in [5.41, 5.74) is -0.442. The Bertz CT molecular complexity index is 652. The SMILES string of the molecule is O=[N+]([O-])c1cccnc1Oc1cc(Br)cc(F)c1F. The fraction of sp³-hybridized carbons (Fsp3) is 0. The van der Waals surface area contributed by atoms with Gasteiger partial charge < -0.3 is 4.74 Å². The highest BCUT2D eigenvalue weighted by Crippen LogP contribution is 2.32. The molecule has 0 fully saturated rings. The zero-order chi connectivity index (χ0) is 14.0. The third-order valence-electron chi connectivity index (χ3n) is 2.11. The van der Waals surface area contributed by atoms with Gasteiger partial charge >= 0.3 is 5.69 Å². The van der Waals surface area contributed by atoms with Gasteiger partial charge in [0.05, 0.1) is 4.92 Å². The molecule has 5 nitrogen and oxygen atoms in total. The lowest BCUT2D eigenvalue weighted by Crippen LogP contribution is -1.98. The van der Waals surface area contributed by atoms with E-state index in [9.17, 15) is 18.9 Å². The lowest BCUT2D eigenvalue weighted by Gasteiger charge is -2.07. The van der Waals surface area contributed by atoms with Crippen LogP contribution in [0.15, 0.2) is 34.9 Å². The fourth-order valence-corrected chi connectivity index (χ4v) is 1.72. The first-order valence-electron chi connectivity index (χ1n) is 4.91. The number of hydrogen-bond donors (Lipinski definition) is 0. The number of hydrogen-bond acceptors (Lipinski definition) is 4. The zero-order valence-corrected chi connectivity index (χ0v) is 10.7. The van der Waals surface area contributed by atoms with Gasteiger partial charge in [-0.15, -0.1) is 0 Å². The summed E-state index contributed by atoms with van der Waals surface area (Å²) in [6, 6.07) is 4.54. The predicted octanol–water partition coefficient (Wildman–Crippen LogP) is 3.82. The Hall–Kier alpha value is -2.09. The minimum Gasteiger partial charge on any atom is -0.430 e. The van der Waals surface area contributed by atoms with Crippen LogP contribution < -0.4 is 4.74 Å². The number of rotatable bonds is 3. The van der Waals surface area contributed by atoms with Crippen molar-refractivity contribution in [1.29, 1.82) is 0 Å². The molecule has 0 unspecified atom stereocenters. The zero-order valence-electron chi connectivity index (χ0n) is 9.14. The molecule has 1 heterocycles. The molecule has 98 valence electrons. The molecule has 1 aromatic carbocycles. The first-order valence-corrected chi connectivity index (χ1v) is 5.70. The molecule has 0 aliphatic heterocycles. The Morgan fingerprint density at radius 1 is 1.37 bits per heavy atom. The summed E-state index contributed by atoms with van der Waals surface area (Å²) < 4.78 is 31.8. The average molecular weight is 331 g/mol. The molecule has 0 radical (unpaired) electrons. The molecular weight excluding hydrogens is 326 g/mol. The molecule has 0 aliphatic rings. The van der Waals surface area contributed by atoms with Crippen molar-refractivity contribution in [3.8, 4) is 11.6 Å². The molecule has 0 N–H and O–H groups in total. The number of pyridine rings is 1. The van der Waals surface area contributed by atoms with Gasteiger partial charge in [0.15, 0.2) is 11.6 Å². The molecule has 8 heteroatoms. The predicted molar refractivity (Wildman–Crippen MR) is 65.0 cm³/mol. The number of aromatic nitrogens is 1. The monoisotopic (exact) mass is 330 g/mol. The summed E-state index contributed by atoms with van der Waals surface area (Å²) in [5, 5.41) is 10.7. The van der Waals surface area contributed by atoms with Crippen molar-refractivity contribution in [1.82, 2.24) is 4.98 Å². The van der Waals surface area contributed by atoms with Crippen LogP contribution in [-0.2, 0) is 0 Å². The van der Waals surface area contributed by atoms with Gasteiger partial charge in [0.2, 0.25) is 5.82 Å². The van der Waals surface area contributed by atoms with E-state index < -0.39 is 33.9 Å². The minimum atomic E-state index is -1.25. The maximum Gasteiger partial charge on any atom is 0.331 e. The Morgan fingerprint density at radius 2 is 2.11 bits per heavy atom. The number of halogens is 3. The van der Waals surface area contributed by atoms with E-state index in [1.165, 1.54) is 12.3 Å². The van der Waals surface area contributed by atoms with E-state index in [-0.39, 0.29) is 4.47 Å². The van der Waals surface area contributed by atoms with Gasteiger partial charge in [0.1, 0.15) is 0 Å². The molecule has 0 aliphatic carbocycles. The second-order valence-corrected chi connectivity index (χ2v) is 4.30. The molecule has 0 saturated carbocycles. The summed E-state index contributed by atoms with van der Waals surface area (Å²) in [4.78, 5) is 13.6. The van der Waals surface area contributed by atoms with Gasteiger partial charge in [0, 0.05) is 16.7 Å². The van der Waals surface area contributed by atoms with E-state index in [1.807, 2.05) is 0 Å². The molecule has 0 atom stereocenters. The average Bonchev–Trinajstić information content (AvgIpc) is 2.35. The standard InChI is InChI=1S/C11H5BrF2N2O3/c12-6-4-7(13)10(14)9(5-6)19-11-8(16(17)18)2-1-3-15-11/h1-5H. The Morgan fingerprint density at radius 3 is 2.79 bits per heavy atom. The topological polar surface area (TPSA) is 65.3 Å². The second-order valence-electron chi connectivity index (χ2n) is 3.39. The molecule has 0 bridgehead atoms.